The molecule has 1 aliphatic carbocycles. The molecule has 9 nitrogen and oxygen atoms in total. The average molecular weight is 563 g/mol. The Balaban J connectivity index is 1.63. The van der Waals surface area contributed by atoms with Crippen molar-refractivity contribution in [2.24, 2.45) is 11.8 Å². The topological polar surface area (TPSA) is 149 Å². The number of ether oxygens (including phenoxy) is 3. The van der Waals surface area contributed by atoms with Crippen molar-refractivity contribution in [3.05, 3.63) is 54.8 Å². The van der Waals surface area contributed by atoms with Crippen molar-refractivity contribution in [2.75, 3.05) is 13.2 Å². The third-order valence-electron chi connectivity index (χ3n) is 8.86. The third kappa shape index (κ3) is 6.90. The van der Waals surface area contributed by atoms with Crippen LogP contribution in [0.5, 0.6) is 5.75 Å². The molecule has 3 aliphatic rings. The van der Waals surface area contributed by atoms with E-state index in [2.05, 4.69) is 6.58 Å². The molecule has 1 saturated carbocycles. The monoisotopic (exact) mass is 562 g/mol. The second kappa shape index (κ2) is 13.8. The third-order valence-corrected chi connectivity index (χ3v) is 8.86. The van der Waals surface area contributed by atoms with Crippen LogP contribution in [-0.2, 0) is 15.9 Å². The number of benzene rings is 1. The molecular formula is C31H46O9. The maximum atomic E-state index is 11.6. The van der Waals surface area contributed by atoms with Gasteiger partial charge in [-0.15, -0.1) is 6.58 Å². The van der Waals surface area contributed by atoms with Crippen LogP contribution in [0.2, 0.25) is 0 Å². The first-order chi connectivity index (χ1) is 19.2. The van der Waals surface area contributed by atoms with E-state index in [9.17, 15) is 30.6 Å². The standard InChI is InChI=1S/C31H46O9/c1-2-7-21-9-11-24(12-10-21)39-29-31(28(36)26(35)27(40-29)25(34)8-6-16-32)19-23(20-33)22(13-17-38-31)18-30(37)14-4-3-5-15-30/h2,9-13,17,22-23,25-29,32-37H,1,3-8,14-16,18-20H2/t22-,23-,25+,26-,27-,28+,29+,31-/m1/s1. The van der Waals surface area contributed by atoms with Gasteiger partial charge in [0, 0.05) is 19.6 Å². The van der Waals surface area contributed by atoms with Crippen LogP contribution in [0, 0.1) is 11.8 Å². The van der Waals surface area contributed by atoms with E-state index >= 15 is 0 Å². The van der Waals surface area contributed by atoms with Gasteiger partial charge in [-0.2, -0.15) is 0 Å². The summed E-state index contributed by atoms with van der Waals surface area (Å²) in [6.45, 7) is 3.39. The van der Waals surface area contributed by atoms with Crippen LogP contribution in [0.3, 0.4) is 0 Å². The highest BCUT2D eigenvalue weighted by atomic mass is 16.7. The summed E-state index contributed by atoms with van der Waals surface area (Å²) >= 11 is 0. The summed E-state index contributed by atoms with van der Waals surface area (Å²) in [7, 11) is 0. The normalized spacial score (nSPS) is 34.5. The van der Waals surface area contributed by atoms with Crippen LogP contribution in [0.4, 0.5) is 0 Å². The van der Waals surface area contributed by atoms with E-state index in [4.69, 9.17) is 14.2 Å². The number of rotatable bonds is 11. The number of hydrogen-bond acceptors (Lipinski definition) is 9. The van der Waals surface area contributed by atoms with Gasteiger partial charge in [-0.25, -0.2) is 0 Å². The second-order valence-electron chi connectivity index (χ2n) is 11.8. The minimum Gasteiger partial charge on any atom is -0.486 e. The van der Waals surface area contributed by atoms with Gasteiger partial charge >= 0.3 is 0 Å². The molecule has 4 rings (SSSR count). The smallest absolute Gasteiger partial charge is 0.243 e. The fourth-order valence-corrected chi connectivity index (χ4v) is 6.51. The Bertz CT molecular complexity index is 960. The molecule has 40 heavy (non-hydrogen) atoms. The maximum Gasteiger partial charge on any atom is 0.243 e. The zero-order valence-corrected chi connectivity index (χ0v) is 23.2. The van der Waals surface area contributed by atoms with Gasteiger partial charge in [-0.05, 0) is 74.1 Å². The van der Waals surface area contributed by atoms with Crippen molar-refractivity contribution in [1.82, 2.24) is 0 Å². The SMILES string of the molecule is C=CCc1ccc(O[C@H]2O[C@H]([C@@H](O)CCCO)[C@@H](O)[C@H](O)[C@]23C[C@H](CO)[C@@H](CC2(O)CCCCC2)C=CO3)cc1. The molecule has 1 aromatic rings. The summed E-state index contributed by atoms with van der Waals surface area (Å²) in [5, 5.41) is 64.5. The summed E-state index contributed by atoms with van der Waals surface area (Å²) in [5.74, 6) is -0.217. The Hall–Kier alpha value is -1.98. The predicted molar refractivity (Wildman–Crippen MR) is 148 cm³/mol. The number of aliphatic hydroxyl groups is 6. The van der Waals surface area contributed by atoms with Gasteiger partial charge in [0.05, 0.1) is 18.0 Å². The van der Waals surface area contributed by atoms with Crippen molar-refractivity contribution >= 4 is 0 Å². The number of hydrogen-bond donors (Lipinski definition) is 6. The summed E-state index contributed by atoms with van der Waals surface area (Å²) in [6, 6.07) is 7.30. The van der Waals surface area contributed by atoms with Crippen molar-refractivity contribution in [2.45, 2.75) is 106 Å². The molecule has 1 saturated heterocycles. The van der Waals surface area contributed by atoms with Crippen molar-refractivity contribution < 1.29 is 44.8 Å². The Kier molecular flexibility index (Phi) is 10.7. The quantitative estimate of drug-likeness (QED) is 0.224. The molecule has 8 atom stereocenters. The van der Waals surface area contributed by atoms with E-state index in [0.29, 0.717) is 37.9 Å². The van der Waals surface area contributed by atoms with E-state index in [1.807, 2.05) is 18.2 Å². The van der Waals surface area contributed by atoms with Crippen LogP contribution < -0.4 is 4.74 Å². The maximum absolute atomic E-state index is 11.6. The molecule has 6 N–H and O–H groups in total. The summed E-state index contributed by atoms with van der Waals surface area (Å²) in [4.78, 5) is 0. The van der Waals surface area contributed by atoms with Gasteiger partial charge in [0.2, 0.25) is 6.29 Å². The Morgan fingerprint density at radius 3 is 2.48 bits per heavy atom. The lowest BCUT2D eigenvalue weighted by Crippen LogP contribution is -2.70. The molecule has 1 aromatic carbocycles. The first kappa shape index (κ1) is 31.0. The molecule has 2 fully saturated rings. The fourth-order valence-electron chi connectivity index (χ4n) is 6.51. The summed E-state index contributed by atoms with van der Waals surface area (Å²) in [6.07, 6.45) is 4.48. The van der Waals surface area contributed by atoms with E-state index in [-0.39, 0.29) is 32.0 Å². The highest BCUT2D eigenvalue weighted by molar-refractivity contribution is 5.29. The van der Waals surface area contributed by atoms with Gasteiger partial charge in [0.15, 0.2) is 5.60 Å². The first-order valence-corrected chi connectivity index (χ1v) is 14.6. The van der Waals surface area contributed by atoms with E-state index in [0.717, 1.165) is 24.8 Å². The zero-order valence-electron chi connectivity index (χ0n) is 23.2. The number of aliphatic hydroxyl groups excluding tert-OH is 5. The van der Waals surface area contributed by atoms with E-state index < -0.39 is 47.8 Å². The largest absolute Gasteiger partial charge is 0.486 e. The highest BCUT2D eigenvalue weighted by Crippen LogP contribution is 2.46. The molecule has 2 heterocycles. The molecule has 0 unspecified atom stereocenters. The van der Waals surface area contributed by atoms with Crippen LogP contribution in [0.15, 0.2) is 49.3 Å². The second-order valence-corrected chi connectivity index (χ2v) is 11.8. The lowest BCUT2D eigenvalue weighted by molar-refractivity contribution is -0.333. The van der Waals surface area contributed by atoms with Gasteiger partial charge in [-0.1, -0.05) is 37.5 Å². The minimum absolute atomic E-state index is 0.0775. The molecule has 0 bridgehead atoms. The Morgan fingerprint density at radius 2 is 1.82 bits per heavy atom. The predicted octanol–water partition coefficient (Wildman–Crippen LogP) is 2.36. The number of allylic oxidation sites excluding steroid dienone is 2. The average Bonchev–Trinajstić information content (AvgIpc) is 3.13. The minimum atomic E-state index is -1.61. The highest BCUT2D eigenvalue weighted by Gasteiger charge is 2.61. The zero-order chi connectivity index (χ0) is 28.8. The fraction of sp³-hybridized carbons (Fsp3) is 0.677. The van der Waals surface area contributed by atoms with E-state index in [1.54, 1.807) is 18.2 Å². The van der Waals surface area contributed by atoms with Crippen molar-refractivity contribution in [1.29, 1.82) is 0 Å². The van der Waals surface area contributed by atoms with Crippen LogP contribution in [-0.4, -0.2) is 85.8 Å². The van der Waals surface area contributed by atoms with Gasteiger partial charge < -0.3 is 44.8 Å². The summed E-state index contributed by atoms with van der Waals surface area (Å²) < 4.78 is 18.6. The Labute approximate surface area is 236 Å². The molecule has 2 aliphatic heterocycles. The lowest BCUT2D eigenvalue weighted by atomic mass is 9.71. The first-order valence-electron chi connectivity index (χ1n) is 14.6. The summed E-state index contributed by atoms with van der Waals surface area (Å²) in [5.41, 5.74) is -1.41. The molecule has 0 aromatic heterocycles. The van der Waals surface area contributed by atoms with Crippen LogP contribution in [0.1, 0.15) is 63.4 Å². The molecular weight excluding hydrogens is 516 g/mol. The molecule has 9 heteroatoms. The van der Waals surface area contributed by atoms with Gasteiger partial charge in [-0.3, -0.25) is 0 Å². The van der Waals surface area contributed by atoms with Gasteiger partial charge in [0.25, 0.3) is 0 Å². The molecule has 224 valence electrons. The van der Waals surface area contributed by atoms with Crippen molar-refractivity contribution in [3.8, 4) is 5.75 Å². The van der Waals surface area contributed by atoms with Crippen molar-refractivity contribution in [3.63, 3.8) is 0 Å². The molecule has 0 radical (unpaired) electrons. The van der Waals surface area contributed by atoms with E-state index in [1.165, 1.54) is 6.26 Å². The van der Waals surface area contributed by atoms with Gasteiger partial charge in [0.1, 0.15) is 24.1 Å². The Morgan fingerprint density at radius 1 is 1.10 bits per heavy atom. The van der Waals surface area contributed by atoms with Crippen LogP contribution in [0.25, 0.3) is 0 Å². The molecule has 1 spiro atoms. The molecule has 0 amide bonds. The van der Waals surface area contributed by atoms with Crippen LogP contribution >= 0.6 is 0 Å². The lowest BCUT2D eigenvalue weighted by Gasteiger charge is -2.51.